The third-order valence-corrected chi connectivity index (χ3v) is 2.13. The molecule has 1 aromatic rings. The predicted molar refractivity (Wildman–Crippen MR) is 56.8 cm³/mol. The molecule has 0 saturated heterocycles. The van der Waals surface area contributed by atoms with Crippen LogP contribution in [-0.2, 0) is 6.18 Å². The Morgan fingerprint density at radius 1 is 1.35 bits per heavy atom. The van der Waals surface area contributed by atoms with Gasteiger partial charge in [-0.25, -0.2) is 0 Å². The van der Waals surface area contributed by atoms with E-state index in [1.165, 1.54) is 19.0 Å². The molecule has 0 saturated carbocycles. The smallest absolute Gasteiger partial charge is 0.393 e. The first-order valence-corrected chi connectivity index (χ1v) is 4.47. The van der Waals surface area contributed by atoms with Crippen LogP contribution < -0.4 is 10.6 Å². The molecule has 2 N–H and O–H groups in total. The van der Waals surface area contributed by atoms with Crippen molar-refractivity contribution in [1.29, 1.82) is 0 Å². The Bertz CT molecular complexity index is 458. The average molecular weight is 249 g/mol. The van der Waals surface area contributed by atoms with E-state index in [1.54, 1.807) is 0 Å². The van der Waals surface area contributed by atoms with Gasteiger partial charge in [-0.3, -0.25) is 10.1 Å². The van der Waals surface area contributed by atoms with Crippen LogP contribution in [0.25, 0.3) is 0 Å². The highest BCUT2D eigenvalue weighted by molar-refractivity contribution is 5.70. The normalized spacial score (nSPS) is 11.4. The second-order valence-corrected chi connectivity index (χ2v) is 3.58. The van der Waals surface area contributed by atoms with E-state index in [4.69, 9.17) is 5.73 Å². The Morgan fingerprint density at radius 3 is 2.24 bits per heavy atom. The summed E-state index contributed by atoms with van der Waals surface area (Å²) in [5, 5.41) is 10.5. The molecule has 0 radical (unpaired) electrons. The van der Waals surface area contributed by atoms with Crippen molar-refractivity contribution in [3.63, 3.8) is 0 Å². The first-order valence-electron chi connectivity index (χ1n) is 4.47. The highest BCUT2D eigenvalue weighted by atomic mass is 19.4. The summed E-state index contributed by atoms with van der Waals surface area (Å²) in [4.78, 5) is 10.8. The predicted octanol–water partition coefficient (Wildman–Crippen LogP) is 2.26. The Hall–Kier alpha value is -1.99. The average Bonchev–Trinajstić information content (AvgIpc) is 2.14. The van der Waals surface area contributed by atoms with Gasteiger partial charge in [0, 0.05) is 20.2 Å². The summed E-state index contributed by atoms with van der Waals surface area (Å²) in [7, 11) is 2.80. The van der Waals surface area contributed by atoms with Crippen molar-refractivity contribution in [1.82, 2.24) is 0 Å². The van der Waals surface area contributed by atoms with E-state index in [-0.39, 0.29) is 11.4 Å². The van der Waals surface area contributed by atoms with Crippen LogP contribution in [0.5, 0.6) is 0 Å². The van der Waals surface area contributed by atoms with Gasteiger partial charge in [-0.2, -0.15) is 13.2 Å². The second-order valence-electron chi connectivity index (χ2n) is 3.58. The molecule has 0 bridgehead atoms. The Morgan fingerprint density at radius 2 is 1.88 bits per heavy atom. The van der Waals surface area contributed by atoms with Crippen LogP contribution in [0.1, 0.15) is 5.56 Å². The summed E-state index contributed by atoms with van der Waals surface area (Å²) in [5.74, 6) is 0. The van der Waals surface area contributed by atoms with Gasteiger partial charge in [-0.15, -0.1) is 0 Å². The van der Waals surface area contributed by atoms with E-state index in [9.17, 15) is 23.3 Å². The van der Waals surface area contributed by atoms with Gasteiger partial charge in [0.2, 0.25) is 0 Å². The highest BCUT2D eigenvalue weighted by Crippen LogP contribution is 2.40. The number of alkyl halides is 3. The molecule has 0 aliphatic carbocycles. The molecule has 0 heterocycles. The SMILES string of the molecule is CN(C)c1cc(N)c([N+](=O)[O-])cc1C(F)(F)F. The molecule has 0 aliphatic heterocycles. The lowest BCUT2D eigenvalue weighted by molar-refractivity contribution is -0.384. The number of nitrogen functional groups attached to an aromatic ring is 1. The summed E-state index contributed by atoms with van der Waals surface area (Å²) in [5.41, 5.74) is 3.00. The largest absolute Gasteiger partial charge is 0.418 e. The van der Waals surface area contributed by atoms with E-state index in [2.05, 4.69) is 0 Å². The number of nitro groups is 1. The van der Waals surface area contributed by atoms with Crippen molar-refractivity contribution in [3.05, 3.63) is 27.8 Å². The summed E-state index contributed by atoms with van der Waals surface area (Å²) >= 11 is 0. The van der Waals surface area contributed by atoms with Crippen LogP contribution in [0.4, 0.5) is 30.2 Å². The first kappa shape index (κ1) is 13.1. The maximum absolute atomic E-state index is 12.7. The molecular formula is C9H10F3N3O2. The highest BCUT2D eigenvalue weighted by Gasteiger charge is 2.36. The molecular weight excluding hydrogens is 239 g/mol. The Balaban J connectivity index is 3.54. The third-order valence-electron chi connectivity index (χ3n) is 2.13. The maximum Gasteiger partial charge on any atom is 0.418 e. The molecule has 0 amide bonds. The standard InChI is InChI=1S/C9H10F3N3O2/c1-14(2)7-4-6(13)8(15(16)17)3-5(7)9(10,11)12/h3-4H,13H2,1-2H3. The Kier molecular flexibility index (Phi) is 3.16. The third kappa shape index (κ3) is 2.58. The number of nitro benzene ring substituents is 1. The fraction of sp³-hybridized carbons (Fsp3) is 0.333. The maximum atomic E-state index is 12.7. The quantitative estimate of drug-likeness (QED) is 0.495. The summed E-state index contributed by atoms with van der Waals surface area (Å²) in [6.45, 7) is 0. The van der Waals surface area contributed by atoms with Crippen molar-refractivity contribution in [2.24, 2.45) is 0 Å². The van der Waals surface area contributed by atoms with Crippen LogP contribution in [0, 0.1) is 10.1 Å². The van der Waals surface area contributed by atoms with Gasteiger partial charge in [0.15, 0.2) is 0 Å². The zero-order chi connectivity index (χ0) is 13.4. The molecule has 17 heavy (non-hydrogen) atoms. The summed E-state index contributed by atoms with van der Waals surface area (Å²) in [6.07, 6.45) is -4.67. The molecule has 1 rings (SSSR count). The fourth-order valence-corrected chi connectivity index (χ4v) is 1.35. The minimum Gasteiger partial charge on any atom is -0.393 e. The van der Waals surface area contributed by atoms with Crippen LogP contribution in [0.15, 0.2) is 12.1 Å². The minimum absolute atomic E-state index is 0.208. The van der Waals surface area contributed by atoms with Crippen LogP contribution >= 0.6 is 0 Å². The number of hydrogen-bond acceptors (Lipinski definition) is 4. The van der Waals surface area contributed by atoms with Gasteiger partial charge in [0.25, 0.3) is 5.69 Å². The van der Waals surface area contributed by atoms with Crippen LogP contribution in [-0.4, -0.2) is 19.0 Å². The number of hydrogen-bond donors (Lipinski definition) is 1. The lowest BCUT2D eigenvalue weighted by Crippen LogP contribution is -2.17. The molecule has 0 aromatic heterocycles. The molecule has 0 aliphatic rings. The summed E-state index contributed by atoms with van der Waals surface area (Å²) in [6, 6.07) is 1.39. The molecule has 8 heteroatoms. The fourth-order valence-electron chi connectivity index (χ4n) is 1.35. The molecule has 0 spiro atoms. The zero-order valence-electron chi connectivity index (χ0n) is 9.08. The number of nitrogens with two attached hydrogens (primary N) is 1. The van der Waals surface area contributed by atoms with Crippen molar-refractivity contribution < 1.29 is 18.1 Å². The molecule has 5 nitrogen and oxygen atoms in total. The van der Waals surface area contributed by atoms with Crippen molar-refractivity contribution in [2.75, 3.05) is 24.7 Å². The number of rotatable bonds is 2. The van der Waals surface area contributed by atoms with Gasteiger partial charge in [0.05, 0.1) is 16.2 Å². The van der Waals surface area contributed by atoms with Crippen LogP contribution in [0.3, 0.4) is 0 Å². The Labute approximate surface area is 94.8 Å². The monoisotopic (exact) mass is 249 g/mol. The van der Waals surface area contributed by atoms with E-state index in [0.29, 0.717) is 6.07 Å². The second kappa shape index (κ2) is 4.11. The lowest BCUT2D eigenvalue weighted by atomic mass is 10.1. The van der Waals surface area contributed by atoms with E-state index in [0.717, 1.165) is 6.07 Å². The zero-order valence-corrected chi connectivity index (χ0v) is 9.08. The topological polar surface area (TPSA) is 72.4 Å². The number of anilines is 2. The van der Waals surface area contributed by atoms with Crippen molar-refractivity contribution in [2.45, 2.75) is 6.18 Å². The van der Waals surface area contributed by atoms with Crippen molar-refractivity contribution in [3.8, 4) is 0 Å². The van der Waals surface area contributed by atoms with Crippen LogP contribution in [0.2, 0.25) is 0 Å². The van der Waals surface area contributed by atoms with E-state index in [1.807, 2.05) is 0 Å². The van der Waals surface area contributed by atoms with Gasteiger partial charge in [-0.05, 0) is 6.07 Å². The molecule has 0 atom stereocenters. The van der Waals surface area contributed by atoms with Crippen molar-refractivity contribution >= 4 is 17.1 Å². The van der Waals surface area contributed by atoms with E-state index < -0.39 is 22.4 Å². The molecule has 0 fully saturated rings. The summed E-state index contributed by atoms with van der Waals surface area (Å²) < 4.78 is 38.1. The van der Waals surface area contributed by atoms with Gasteiger partial charge in [0.1, 0.15) is 5.69 Å². The number of nitrogens with zero attached hydrogens (tertiary/aromatic N) is 2. The molecule has 1 aromatic carbocycles. The first-order chi connectivity index (χ1) is 7.64. The lowest BCUT2D eigenvalue weighted by Gasteiger charge is -2.19. The van der Waals surface area contributed by atoms with E-state index >= 15 is 0 Å². The molecule has 94 valence electrons. The van der Waals surface area contributed by atoms with Gasteiger partial charge < -0.3 is 10.6 Å². The minimum atomic E-state index is -4.67. The number of benzene rings is 1. The van der Waals surface area contributed by atoms with Gasteiger partial charge >= 0.3 is 6.18 Å². The number of halogens is 3. The van der Waals surface area contributed by atoms with Gasteiger partial charge in [-0.1, -0.05) is 0 Å². The molecule has 0 unspecified atom stereocenters.